The van der Waals surface area contributed by atoms with Crippen LogP contribution in [0.1, 0.15) is 37.8 Å². The molecular formula is C16H25FN2. The fourth-order valence-corrected chi connectivity index (χ4v) is 2.84. The zero-order chi connectivity index (χ0) is 13.8. The lowest BCUT2D eigenvalue weighted by atomic mass is 10.0. The third-order valence-corrected chi connectivity index (χ3v) is 4.19. The van der Waals surface area contributed by atoms with Crippen LogP contribution in [0, 0.1) is 12.7 Å². The van der Waals surface area contributed by atoms with Crippen LogP contribution in [0.5, 0.6) is 0 Å². The van der Waals surface area contributed by atoms with E-state index in [0.717, 1.165) is 38.0 Å². The lowest BCUT2D eigenvalue weighted by Gasteiger charge is -2.40. The Balaban J connectivity index is 2.07. The van der Waals surface area contributed by atoms with Crippen molar-refractivity contribution in [3.05, 3.63) is 35.1 Å². The summed E-state index contributed by atoms with van der Waals surface area (Å²) in [5.41, 5.74) is 1.96. The Morgan fingerprint density at radius 2 is 2.11 bits per heavy atom. The van der Waals surface area contributed by atoms with Crippen molar-refractivity contribution in [1.29, 1.82) is 0 Å². The molecule has 1 N–H and O–H groups in total. The minimum atomic E-state index is -0.109. The number of piperazine rings is 1. The van der Waals surface area contributed by atoms with Crippen LogP contribution in [0.3, 0.4) is 0 Å². The van der Waals surface area contributed by atoms with Crippen molar-refractivity contribution in [3.8, 4) is 0 Å². The van der Waals surface area contributed by atoms with E-state index in [1.54, 1.807) is 6.07 Å². The Morgan fingerprint density at radius 1 is 1.32 bits per heavy atom. The van der Waals surface area contributed by atoms with Crippen LogP contribution in [0.15, 0.2) is 18.2 Å². The summed E-state index contributed by atoms with van der Waals surface area (Å²) in [6.45, 7) is 9.38. The third-order valence-electron chi connectivity index (χ3n) is 4.19. The van der Waals surface area contributed by atoms with Crippen LogP contribution in [0.2, 0.25) is 0 Å². The van der Waals surface area contributed by atoms with Gasteiger partial charge in [-0.15, -0.1) is 0 Å². The maximum absolute atomic E-state index is 13.3. The lowest BCUT2D eigenvalue weighted by Crippen LogP contribution is -2.55. The van der Waals surface area contributed by atoms with E-state index in [4.69, 9.17) is 0 Å². The molecule has 1 heterocycles. The van der Waals surface area contributed by atoms with Gasteiger partial charge < -0.3 is 5.32 Å². The van der Waals surface area contributed by atoms with E-state index >= 15 is 0 Å². The van der Waals surface area contributed by atoms with Crippen molar-refractivity contribution in [3.63, 3.8) is 0 Å². The maximum atomic E-state index is 13.3. The van der Waals surface area contributed by atoms with Gasteiger partial charge in [-0.2, -0.15) is 0 Å². The summed E-state index contributed by atoms with van der Waals surface area (Å²) >= 11 is 0. The summed E-state index contributed by atoms with van der Waals surface area (Å²) in [5, 5.41) is 3.60. The molecule has 0 radical (unpaired) electrons. The summed E-state index contributed by atoms with van der Waals surface area (Å²) in [6.07, 6.45) is 2.32. The molecule has 0 aliphatic carbocycles. The monoisotopic (exact) mass is 264 g/mol. The first-order valence-electron chi connectivity index (χ1n) is 7.36. The highest BCUT2D eigenvalue weighted by Crippen LogP contribution is 2.17. The van der Waals surface area contributed by atoms with Gasteiger partial charge in [-0.05, 0) is 37.0 Å². The van der Waals surface area contributed by atoms with Gasteiger partial charge in [0.05, 0.1) is 0 Å². The van der Waals surface area contributed by atoms with Crippen molar-refractivity contribution in [2.75, 3.05) is 13.1 Å². The van der Waals surface area contributed by atoms with Gasteiger partial charge in [0.25, 0.3) is 0 Å². The first-order chi connectivity index (χ1) is 9.13. The number of nitrogens with one attached hydrogen (secondary N) is 1. The summed E-state index contributed by atoms with van der Waals surface area (Å²) < 4.78 is 13.3. The number of hydrogen-bond acceptors (Lipinski definition) is 2. The van der Waals surface area contributed by atoms with Gasteiger partial charge in [0.1, 0.15) is 5.82 Å². The number of nitrogens with zero attached hydrogens (tertiary/aromatic N) is 1. The molecule has 2 rings (SSSR count). The Kier molecular flexibility index (Phi) is 4.94. The standard InChI is InChI=1S/C16H25FN2/c1-4-14-11-19(15(5-2)9-18-14)10-13-6-7-16(17)12(3)8-13/h6-8,14-15,18H,4-5,9-11H2,1-3H3. The molecule has 1 fully saturated rings. The topological polar surface area (TPSA) is 15.3 Å². The second kappa shape index (κ2) is 6.49. The van der Waals surface area contributed by atoms with Gasteiger partial charge in [-0.3, -0.25) is 4.90 Å². The average Bonchev–Trinajstić information content (AvgIpc) is 2.43. The zero-order valence-corrected chi connectivity index (χ0v) is 12.2. The number of rotatable bonds is 4. The van der Waals surface area contributed by atoms with Crippen molar-refractivity contribution in [1.82, 2.24) is 10.2 Å². The predicted molar refractivity (Wildman–Crippen MR) is 77.7 cm³/mol. The van der Waals surface area contributed by atoms with Crippen LogP contribution in [-0.4, -0.2) is 30.1 Å². The number of halogens is 1. The lowest BCUT2D eigenvalue weighted by molar-refractivity contribution is 0.117. The van der Waals surface area contributed by atoms with Gasteiger partial charge >= 0.3 is 0 Å². The van der Waals surface area contributed by atoms with Crippen LogP contribution >= 0.6 is 0 Å². The average molecular weight is 264 g/mol. The predicted octanol–water partition coefficient (Wildman–Crippen LogP) is 3.10. The van der Waals surface area contributed by atoms with Crippen molar-refractivity contribution in [2.45, 2.75) is 52.2 Å². The van der Waals surface area contributed by atoms with E-state index in [9.17, 15) is 4.39 Å². The molecule has 0 spiro atoms. The van der Waals surface area contributed by atoms with Gasteiger partial charge in [-0.25, -0.2) is 4.39 Å². The van der Waals surface area contributed by atoms with E-state index in [1.165, 1.54) is 5.56 Å². The van der Waals surface area contributed by atoms with Crippen LogP contribution in [0.4, 0.5) is 4.39 Å². The molecule has 2 nitrogen and oxygen atoms in total. The molecule has 1 aromatic carbocycles. The highest BCUT2D eigenvalue weighted by atomic mass is 19.1. The molecular weight excluding hydrogens is 239 g/mol. The van der Waals surface area contributed by atoms with E-state index < -0.39 is 0 Å². The van der Waals surface area contributed by atoms with Crippen molar-refractivity contribution in [2.24, 2.45) is 0 Å². The smallest absolute Gasteiger partial charge is 0.126 e. The van der Waals surface area contributed by atoms with Crippen LogP contribution in [-0.2, 0) is 6.54 Å². The summed E-state index contributed by atoms with van der Waals surface area (Å²) in [7, 11) is 0. The zero-order valence-electron chi connectivity index (χ0n) is 12.2. The molecule has 0 saturated carbocycles. The molecule has 2 atom stereocenters. The van der Waals surface area contributed by atoms with E-state index in [2.05, 4.69) is 24.1 Å². The van der Waals surface area contributed by atoms with Gasteiger partial charge in [0.15, 0.2) is 0 Å². The molecule has 0 amide bonds. The largest absolute Gasteiger partial charge is 0.311 e. The SMILES string of the molecule is CCC1CN(Cc2ccc(F)c(C)c2)C(CC)CN1. The molecule has 1 aromatic rings. The number of benzene rings is 1. The van der Waals surface area contributed by atoms with Gasteiger partial charge in [0.2, 0.25) is 0 Å². The maximum Gasteiger partial charge on any atom is 0.126 e. The molecule has 3 heteroatoms. The van der Waals surface area contributed by atoms with Crippen molar-refractivity contribution >= 4 is 0 Å². The molecule has 1 aliphatic rings. The molecule has 106 valence electrons. The Hall–Kier alpha value is -0.930. The van der Waals surface area contributed by atoms with Gasteiger partial charge in [0, 0.05) is 31.7 Å². The van der Waals surface area contributed by atoms with Gasteiger partial charge in [-0.1, -0.05) is 26.0 Å². The van der Waals surface area contributed by atoms with Crippen molar-refractivity contribution < 1.29 is 4.39 Å². The molecule has 0 aromatic heterocycles. The van der Waals surface area contributed by atoms with Crippen LogP contribution < -0.4 is 5.32 Å². The second-order valence-electron chi connectivity index (χ2n) is 5.59. The van der Waals surface area contributed by atoms with E-state index in [-0.39, 0.29) is 5.82 Å². The summed E-state index contributed by atoms with van der Waals surface area (Å²) in [5.74, 6) is -0.109. The quantitative estimate of drug-likeness (QED) is 0.899. The first kappa shape index (κ1) is 14.5. The Labute approximate surface area is 116 Å². The fraction of sp³-hybridized carbons (Fsp3) is 0.625. The normalized spacial score (nSPS) is 24.6. The molecule has 1 saturated heterocycles. The minimum Gasteiger partial charge on any atom is -0.311 e. The third kappa shape index (κ3) is 3.54. The molecule has 1 aliphatic heterocycles. The second-order valence-corrected chi connectivity index (χ2v) is 5.59. The Bertz CT molecular complexity index is 419. The molecule has 0 bridgehead atoms. The first-order valence-corrected chi connectivity index (χ1v) is 7.36. The minimum absolute atomic E-state index is 0.109. The highest BCUT2D eigenvalue weighted by Gasteiger charge is 2.25. The van der Waals surface area contributed by atoms with E-state index in [1.807, 2.05) is 19.1 Å². The molecule has 19 heavy (non-hydrogen) atoms. The number of hydrogen-bond donors (Lipinski definition) is 1. The van der Waals surface area contributed by atoms with E-state index in [0.29, 0.717) is 12.1 Å². The fourth-order valence-electron chi connectivity index (χ4n) is 2.84. The summed E-state index contributed by atoms with van der Waals surface area (Å²) in [6, 6.07) is 6.66. The van der Waals surface area contributed by atoms with Crippen LogP contribution in [0.25, 0.3) is 0 Å². The molecule has 2 unspecified atom stereocenters. The number of aryl methyl sites for hydroxylation is 1. The summed E-state index contributed by atoms with van der Waals surface area (Å²) in [4.78, 5) is 2.54. The Morgan fingerprint density at radius 3 is 2.74 bits per heavy atom. The highest BCUT2D eigenvalue weighted by molar-refractivity contribution is 5.24.